The zero-order valence-electron chi connectivity index (χ0n) is 14.1. The first-order valence-electron chi connectivity index (χ1n) is 7.98. The normalized spacial score (nSPS) is 13.3. The maximum absolute atomic E-state index is 12.5. The predicted molar refractivity (Wildman–Crippen MR) is 95.2 cm³/mol. The molecule has 1 aliphatic heterocycles. The van der Waals surface area contributed by atoms with Crippen molar-refractivity contribution < 1.29 is 4.79 Å². The Morgan fingerprint density at radius 2 is 1.96 bits per heavy atom. The minimum atomic E-state index is 0.0201. The molecule has 0 aliphatic carbocycles. The molecule has 0 fully saturated rings. The van der Waals surface area contributed by atoms with Gasteiger partial charge in [0.25, 0.3) is 5.91 Å². The number of carbonyl (C=O) groups is 1. The van der Waals surface area contributed by atoms with Gasteiger partial charge in [-0.1, -0.05) is 29.8 Å². The molecule has 1 N–H and O–H groups in total. The van der Waals surface area contributed by atoms with Gasteiger partial charge in [-0.05, 0) is 39.0 Å². The number of hydrogen-bond acceptors (Lipinski definition) is 2. The lowest BCUT2D eigenvalue weighted by atomic mass is 10.1. The maximum atomic E-state index is 12.5. The minimum Gasteiger partial charge on any atom is -0.338 e. The number of aromatic nitrogens is 1. The second kappa shape index (κ2) is 5.95. The highest BCUT2D eigenvalue weighted by Gasteiger charge is 2.22. The molecule has 23 heavy (non-hydrogen) atoms. The summed E-state index contributed by atoms with van der Waals surface area (Å²) in [6.45, 7) is 6.90. The molecule has 0 saturated carbocycles. The van der Waals surface area contributed by atoms with E-state index in [1.165, 1.54) is 5.56 Å². The van der Waals surface area contributed by atoms with Crippen LogP contribution < -0.4 is 4.90 Å². The van der Waals surface area contributed by atoms with Gasteiger partial charge in [0.15, 0.2) is 0 Å². The lowest BCUT2D eigenvalue weighted by molar-refractivity contribution is 0.0750. The Morgan fingerprint density at radius 1 is 1.26 bits per heavy atom. The molecule has 2 heterocycles. The third-order valence-corrected chi connectivity index (χ3v) is 4.35. The molecule has 0 saturated heterocycles. The fraction of sp³-hybridized carbons (Fsp3) is 0.316. The molecule has 4 nitrogen and oxygen atoms in total. The number of nitrogens with one attached hydrogen (secondary N) is 1. The Morgan fingerprint density at radius 3 is 2.61 bits per heavy atom. The lowest BCUT2D eigenvalue weighted by Crippen LogP contribution is -2.33. The molecular weight excluding hydrogens is 286 g/mol. The zero-order valence-corrected chi connectivity index (χ0v) is 14.1. The van der Waals surface area contributed by atoms with Crippen molar-refractivity contribution in [1.29, 1.82) is 0 Å². The summed E-state index contributed by atoms with van der Waals surface area (Å²) in [7, 11) is 1.83. The molecular formula is C19H23N3O. The van der Waals surface area contributed by atoms with E-state index < -0.39 is 0 Å². The molecule has 4 heteroatoms. The molecule has 0 radical (unpaired) electrons. The Bertz CT molecular complexity index is 740. The van der Waals surface area contributed by atoms with Gasteiger partial charge in [0.1, 0.15) is 11.5 Å². The number of aryl methyl sites for hydroxylation is 1. The second-order valence-corrected chi connectivity index (χ2v) is 6.35. The topological polar surface area (TPSA) is 39.3 Å². The molecule has 120 valence electrons. The summed E-state index contributed by atoms with van der Waals surface area (Å²) in [6.07, 6.45) is 4.19. The summed E-state index contributed by atoms with van der Waals surface area (Å²) in [5, 5.41) is 0. The van der Waals surface area contributed by atoms with Gasteiger partial charge in [-0.25, -0.2) is 0 Å². The molecule has 0 bridgehead atoms. The van der Waals surface area contributed by atoms with E-state index in [-0.39, 0.29) is 11.9 Å². The highest BCUT2D eigenvalue weighted by Crippen LogP contribution is 2.32. The molecule has 1 amide bonds. The zero-order chi connectivity index (χ0) is 16.6. The summed E-state index contributed by atoms with van der Waals surface area (Å²) in [5.41, 5.74) is 4.05. The molecule has 0 atom stereocenters. The van der Waals surface area contributed by atoms with E-state index in [9.17, 15) is 4.79 Å². The van der Waals surface area contributed by atoms with E-state index in [0.717, 1.165) is 23.6 Å². The first-order chi connectivity index (χ1) is 11.0. The van der Waals surface area contributed by atoms with Gasteiger partial charge >= 0.3 is 0 Å². The number of H-pyrrole nitrogens is 1. The van der Waals surface area contributed by atoms with E-state index in [1.807, 2.05) is 27.0 Å². The molecule has 0 unspecified atom stereocenters. The van der Waals surface area contributed by atoms with Gasteiger partial charge in [0, 0.05) is 30.9 Å². The summed E-state index contributed by atoms with van der Waals surface area (Å²) < 4.78 is 0. The Hall–Kier alpha value is -2.49. The number of amides is 1. The van der Waals surface area contributed by atoms with Crippen LogP contribution in [0.1, 0.15) is 35.5 Å². The van der Waals surface area contributed by atoms with Crippen LogP contribution in [0.4, 0.5) is 11.5 Å². The van der Waals surface area contributed by atoms with Gasteiger partial charge in [-0.3, -0.25) is 4.79 Å². The van der Waals surface area contributed by atoms with E-state index in [4.69, 9.17) is 0 Å². The lowest BCUT2D eigenvalue weighted by Gasteiger charge is -2.26. The van der Waals surface area contributed by atoms with Crippen molar-refractivity contribution in [3.8, 4) is 0 Å². The van der Waals surface area contributed by atoms with Crippen molar-refractivity contribution in [2.24, 2.45) is 0 Å². The Balaban J connectivity index is 1.95. The third kappa shape index (κ3) is 2.89. The molecule has 0 spiro atoms. The van der Waals surface area contributed by atoms with E-state index in [1.54, 1.807) is 4.90 Å². The van der Waals surface area contributed by atoms with Crippen LogP contribution in [0.3, 0.4) is 0 Å². The first-order valence-corrected chi connectivity index (χ1v) is 7.98. The van der Waals surface area contributed by atoms with Crippen LogP contribution in [-0.4, -0.2) is 35.4 Å². The molecule has 2 aromatic rings. The van der Waals surface area contributed by atoms with Crippen LogP contribution in [0.25, 0.3) is 6.08 Å². The predicted octanol–water partition coefficient (Wildman–Crippen LogP) is 3.97. The van der Waals surface area contributed by atoms with Crippen LogP contribution in [-0.2, 0) is 0 Å². The average Bonchev–Trinajstić information content (AvgIpc) is 2.98. The fourth-order valence-electron chi connectivity index (χ4n) is 2.69. The van der Waals surface area contributed by atoms with Crippen LogP contribution in [0.15, 0.2) is 36.4 Å². The molecule has 1 aromatic heterocycles. The van der Waals surface area contributed by atoms with E-state index in [2.05, 4.69) is 53.2 Å². The third-order valence-electron chi connectivity index (χ3n) is 4.35. The Labute approximate surface area is 137 Å². The van der Waals surface area contributed by atoms with Crippen molar-refractivity contribution in [1.82, 2.24) is 9.88 Å². The van der Waals surface area contributed by atoms with Gasteiger partial charge in [-0.2, -0.15) is 0 Å². The van der Waals surface area contributed by atoms with Crippen molar-refractivity contribution in [3.05, 3.63) is 53.2 Å². The standard InChI is InChI=1S/C19H23N3O/c1-13(2)21(4)19(23)17-12-15-6-5-11-22(18(15)20-17)16-9-7-14(3)8-10-16/h5-10,12-13,20H,11H2,1-4H3. The quantitative estimate of drug-likeness (QED) is 0.932. The number of aromatic amines is 1. The second-order valence-electron chi connectivity index (χ2n) is 6.35. The van der Waals surface area contributed by atoms with Gasteiger partial charge in [0.2, 0.25) is 0 Å². The van der Waals surface area contributed by atoms with Crippen molar-refractivity contribution >= 4 is 23.5 Å². The highest BCUT2D eigenvalue weighted by molar-refractivity contribution is 5.95. The maximum Gasteiger partial charge on any atom is 0.270 e. The van der Waals surface area contributed by atoms with E-state index >= 15 is 0 Å². The average molecular weight is 309 g/mol. The molecule has 1 aromatic carbocycles. The molecule has 3 rings (SSSR count). The number of anilines is 2. The number of hydrogen-bond donors (Lipinski definition) is 1. The summed E-state index contributed by atoms with van der Waals surface area (Å²) >= 11 is 0. The van der Waals surface area contributed by atoms with Gasteiger partial charge in [-0.15, -0.1) is 0 Å². The fourth-order valence-corrected chi connectivity index (χ4v) is 2.69. The van der Waals surface area contributed by atoms with E-state index in [0.29, 0.717) is 5.69 Å². The monoisotopic (exact) mass is 309 g/mol. The van der Waals surface area contributed by atoms with Crippen molar-refractivity contribution in [3.63, 3.8) is 0 Å². The smallest absolute Gasteiger partial charge is 0.270 e. The highest BCUT2D eigenvalue weighted by atomic mass is 16.2. The van der Waals surface area contributed by atoms with Crippen LogP contribution in [0.5, 0.6) is 0 Å². The van der Waals surface area contributed by atoms with Crippen LogP contribution in [0, 0.1) is 6.92 Å². The number of fused-ring (bicyclic) bond motifs is 1. The number of carbonyl (C=O) groups excluding carboxylic acids is 1. The number of benzene rings is 1. The summed E-state index contributed by atoms with van der Waals surface area (Å²) in [5.74, 6) is 1.00. The largest absolute Gasteiger partial charge is 0.338 e. The summed E-state index contributed by atoms with van der Waals surface area (Å²) in [4.78, 5) is 19.8. The first kappa shape index (κ1) is 15.4. The minimum absolute atomic E-state index is 0.0201. The number of nitrogens with zero attached hydrogens (tertiary/aromatic N) is 2. The van der Waals surface area contributed by atoms with Crippen LogP contribution >= 0.6 is 0 Å². The summed E-state index contributed by atoms with van der Waals surface area (Å²) in [6, 6.07) is 10.5. The van der Waals surface area contributed by atoms with Crippen molar-refractivity contribution in [2.45, 2.75) is 26.8 Å². The SMILES string of the molecule is Cc1ccc(N2CC=Cc3cc(C(=O)N(C)C(C)C)[nH]c32)cc1. The van der Waals surface area contributed by atoms with Crippen molar-refractivity contribution in [2.75, 3.05) is 18.5 Å². The van der Waals surface area contributed by atoms with Gasteiger partial charge in [0.05, 0.1) is 0 Å². The van der Waals surface area contributed by atoms with Gasteiger partial charge < -0.3 is 14.8 Å². The molecule has 1 aliphatic rings. The van der Waals surface area contributed by atoms with Crippen LogP contribution in [0.2, 0.25) is 0 Å². The number of rotatable bonds is 3. The Kier molecular flexibility index (Phi) is 3.99.